The van der Waals surface area contributed by atoms with Crippen LogP contribution in [0.15, 0.2) is 5.51 Å². The summed E-state index contributed by atoms with van der Waals surface area (Å²) in [5.41, 5.74) is 1.71. The first-order chi connectivity index (χ1) is 3.93. The topological polar surface area (TPSA) is 37.8 Å². The zero-order chi connectivity index (χ0) is 5.82. The molecule has 0 aliphatic carbocycles. The molecular weight excluding hydrogens is 122 g/mol. The molecule has 1 aromatic rings. The van der Waals surface area contributed by atoms with Crippen molar-refractivity contribution in [3.8, 4) is 0 Å². The van der Waals surface area contributed by atoms with E-state index in [-0.39, 0.29) is 0 Å². The SMILES string of the molecule is CCNc1ncsn1. The summed E-state index contributed by atoms with van der Waals surface area (Å²) in [6.45, 7) is 2.90. The molecule has 8 heavy (non-hydrogen) atoms. The fourth-order valence-corrected chi connectivity index (χ4v) is 0.812. The standard InChI is InChI=1S/C4H7N3S/c1-2-5-4-6-3-8-7-4/h3H,2H2,1H3,(H,5,7). The van der Waals surface area contributed by atoms with Crippen LogP contribution in [0.5, 0.6) is 0 Å². The van der Waals surface area contributed by atoms with Crippen molar-refractivity contribution in [1.82, 2.24) is 9.36 Å². The molecular formula is C4H7N3S. The first-order valence-electron chi connectivity index (χ1n) is 2.43. The first kappa shape index (κ1) is 5.50. The lowest BCUT2D eigenvalue weighted by Crippen LogP contribution is -1.96. The Kier molecular flexibility index (Phi) is 1.80. The van der Waals surface area contributed by atoms with E-state index in [1.54, 1.807) is 5.51 Å². The van der Waals surface area contributed by atoms with Crippen LogP contribution in [0.4, 0.5) is 5.95 Å². The highest BCUT2D eigenvalue weighted by molar-refractivity contribution is 7.03. The predicted octanol–water partition coefficient (Wildman–Crippen LogP) is 0.970. The van der Waals surface area contributed by atoms with Gasteiger partial charge in [0, 0.05) is 6.54 Å². The Balaban J connectivity index is 2.50. The Morgan fingerprint density at radius 1 is 1.88 bits per heavy atom. The van der Waals surface area contributed by atoms with Crippen molar-refractivity contribution in [2.24, 2.45) is 0 Å². The highest BCUT2D eigenvalue weighted by Gasteiger charge is 1.87. The second-order valence-corrected chi connectivity index (χ2v) is 1.89. The molecule has 0 unspecified atom stereocenters. The number of hydrogen-bond donors (Lipinski definition) is 1. The van der Waals surface area contributed by atoms with E-state index in [2.05, 4.69) is 14.7 Å². The first-order valence-corrected chi connectivity index (χ1v) is 3.27. The lowest BCUT2D eigenvalue weighted by atomic mass is 10.7. The van der Waals surface area contributed by atoms with Crippen molar-refractivity contribution < 1.29 is 0 Å². The molecule has 0 aliphatic heterocycles. The average molecular weight is 129 g/mol. The summed E-state index contributed by atoms with van der Waals surface area (Å²) < 4.78 is 3.93. The summed E-state index contributed by atoms with van der Waals surface area (Å²) in [6.07, 6.45) is 0. The van der Waals surface area contributed by atoms with Crippen molar-refractivity contribution >= 4 is 17.5 Å². The number of anilines is 1. The normalized spacial score (nSPS) is 9.12. The van der Waals surface area contributed by atoms with Crippen molar-refractivity contribution in [3.05, 3.63) is 5.51 Å². The minimum Gasteiger partial charge on any atom is -0.354 e. The van der Waals surface area contributed by atoms with E-state index in [4.69, 9.17) is 0 Å². The summed E-state index contributed by atoms with van der Waals surface area (Å²) in [4.78, 5) is 3.90. The second-order valence-electron chi connectivity index (χ2n) is 1.29. The van der Waals surface area contributed by atoms with Crippen LogP contribution in [0.1, 0.15) is 6.92 Å². The van der Waals surface area contributed by atoms with Crippen LogP contribution in [0, 0.1) is 0 Å². The number of nitrogens with zero attached hydrogens (tertiary/aromatic N) is 2. The van der Waals surface area contributed by atoms with E-state index in [1.165, 1.54) is 11.5 Å². The van der Waals surface area contributed by atoms with E-state index in [1.807, 2.05) is 6.92 Å². The van der Waals surface area contributed by atoms with E-state index < -0.39 is 0 Å². The van der Waals surface area contributed by atoms with Crippen LogP contribution in [0.3, 0.4) is 0 Å². The monoisotopic (exact) mass is 129 g/mol. The van der Waals surface area contributed by atoms with Gasteiger partial charge in [-0.05, 0) is 18.5 Å². The predicted molar refractivity (Wildman–Crippen MR) is 34.1 cm³/mol. The Morgan fingerprint density at radius 3 is 3.25 bits per heavy atom. The summed E-state index contributed by atoms with van der Waals surface area (Å²) in [7, 11) is 0. The van der Waals surface area contributed by atoms with Gasteiger partial charge in [0.15, 0.2) is 0 Å². The Bertz CT molecular complexity index is 137. The zero-order valence-electron chi connectivity index (χ0n) is 4.59. The number of aromatic nitrogens is 2. The minimum atomic E-state index is 0.734. The van der Waals surface area contributed by atoms with Gasteiger partial charge < -0.3 is 5.32 Å². The molecule has 0 amide bonds. The molecule has 0 aliphatic rings. The van der Waals surface area contributed by atoms with Crippen molar-refractivity contribution in [2.45, 2.75) is 6.92 Å². The fourth-order valence-electron chi connectivity index (χ4n) is 0.407. The quantitative estimate of drug-likeness (QED) is 0.646. The number of rotatable bonds is 2. The molecule has 0 fully saturated rings. The molecule has 0 saturated heterocycles. The molecule has 1 aromatic heterocycles. The van der Waals surface area contributed by atoms with E-state index >= 15 is 0 Å². The van der Waals surface area contributed by atoms with Crippen molar-refractivity contribution in [1.29, 1.82) is 0 Å². The third-order valence-electron chi connectivity index (χ3n) is 0.696. The molecule has 1 N–H and O–H groups in total. The molecule has 1 rings (SSSR count). The van der Waals surface area contributed by atoms with Crippen LogP contribution >= 0.6 is 11.5 Å². The summed E-state index contributed by atoms with van der Waals surface area (Å²) in [5.74, 6) is 0.734. The minimum absolute atomic E-state index is 0.734. The number of hydrogen-bond acceptors (Lipinski definition) is 4. The van der Waals surface area contributed by atoms with Crippen LogP contribution in [-0.2, 0) is 0 Å². The smallest absolute Gasteiger partial charge is 0.234 e. The Hall–Kier alpha value is -0.640. The summed E-state index contributed by atoms with van der Waals surface area (Å²) in [5, 5.41) is 2.98. The van der Waals surface area contributed by atoms with Gasteiger partial charge in [0.25, 0.3) is 0 Å². The van der Waals surface area contributed by atoms with Gasteiger partial charge >= 0.3 is 0 Å². The highest BCUT2D eigenvalue weighted by atomic mass is 32.1. The van der Waals surface area contributed by atoms with Gasteiger partial charge in [0.1, 0.15) is 5.51 Å². The van der Waals surface area contributed by atoms with Gasteiger partial charge in [-0.1, -0.05) is 0 Å². The second kappa shape index (κ2) is 2.61. The summed E-state index contributed by atoms with van der Waals surface area (Å²) in [6, 6.07) is 0. The lowest BCUT2D eigenvalue weighted by Gasteiger charge is -1.90. The maximum Gasteiger partial charge on any atom is 0.234 e. The van der Waals surface area contributed by atoms with Crippen LogP contribution < -0.4 is 5.32 Å². The maximum absolute atomic E-state index is 3.93. The molecule has 0 radical (unpaired) electrons. The molecule has 0 saturated carbocycles. The molecule has 0 spiro atoms. The third kappa shape index (κ3) is 1.16. The zero-order valence-corrected chi connectivity index (χ0v) is 5.40. The van der Waals surface area contributed by atoms with Crippen LogP contribution in [-0.4, -0.2) is 15.9 Å². The highest BCUT2D eigenvalue weighted by Crippen LogP contribution is 1.97. The van der Waals surface area contributed by atoms with Gasteiger partial charge in [0.2, 0.25) is 5.95 Å². The Labute approximate surface area is 51.9 Å². The fraction of sp³-hybridized carbons (Fsp3) is 0.500. The molecule has 1 heterocycles. The van der Waals surface area contributed by atoms with Gasteiger partial charge in [-0.2, -0.15) is 4.37 Å². The van der Waals surface area contributed by atoms with E-state index in [0.29, 0.717) is 0 Å². The van der Waals surface area contributed by atoms with Crippen LogP contribution in [0.25, 0.3) is 0 Å². The number of nitrogens with one attached hydrogen (secondary N) is 1. The van der Waals surface area contributed by atoms with Gasteiger partial charge in [-0.15, -0.1) is 0 Å². The molecule has 44 valence electrons. The molecule has 4 heteroatoms. The third-order valence-corrected chi connectivity index (χ3v) is 1.17. The van der Waals surface area contributed by atoms with Gasteiger partial charge in [-0.3, -0.25) is 0 Å². The molecule has 0 bridgehead atoms. The van der Waals surface area contributed by atoms with Gasteiger partial charge in [0.05, 0.1) is 0 Å². The summed E-state index contributed by atoms with van der Waals surface area (Å²) >= 11 is 1.36. The van der Waals surface area contributed by atoms with Gasteiger partial charge in [-0.25, -0.2) is 4.98 Å². The average Bonchev–Trinajstić information content (AvgIpc) is 2.19. The molecule has 3 nitrogen and oxygen atoms in total. The molecule has 0 aromatic carbocycles. The van der Waals surface area contributed by atoms with Crippen molar-refractivity contribution in [2.75, 3.05) is 11.9 Å². The van der Waals surface area contributed by atoms with E-state index in [9.17, 15) is 0 Å². The Morgan fingerprint density at radius 2 is 2.75 bits per heavy atom. The molecule has 0 atom stereocenters. The van der Waals surface area contributed by atoms with Crippen molar-refractivity contribution in [3.63, 3.8) is 0 Å². The van der Waals surface area contributed by atoms with Crippen LogP contribution in [0.2, 0.25) is 0 Å². The maximum atomic E-state index is 3.93. The van der Waals surface area contributed by atoms with E-state index in [0.717, 1.165) is 12.5 Å². The lowest BCUT2D eigenvalue weighted by molar-refractivity contribution is 1.14. The largest absolute Gasteiger partial charge is 0.354 e.